The molecule has 0 saturated carbocycles. The Balaban J connectivity index is 2.89. The predicted octanol–water partition coefficient (Wildman–Crippen LogP) is 1.66. The van der Waals surface area contributed by atoms with Crippen LogP contribution >= 0.6 is 0 Å². The van der Waals surface area contributed by atoms with Crippen LogP contribution in [0.25, 0.3) is 0 Å². The molecule has 0 atom stereocenters. The number of nitrogens with zero attached hydrogens (tertiary/aromatic N) is 2. The van der Waals surface area contributed by atoms with E-state index in [0.717, 1.165) is 0 Å². The minimum absolute atomic E-state index is 0.134. The molecule has 0 saturated heterocycles. The highest BCUT2D eigenvalue weighted by Gasteiger charge is 2.16. The normalized spacial score (nSPS) is 10.1. The minimum atomic E-state index is -0.315. The average Bonchev–Trinajstić information content (AvgIpc) is 2.31. The van der Waals surface area contributed by atoms with E-state index < -0.39 is 0 Å². The summed E-state index contributed by atoms with van der Waals surface area (Å²) in [5, 5.41) is 0. The molecular weight excluding hydrogens is 221 g/mol. The van der Waals surface area contributed by atoms with Gasteiger partial charge in [0.15, 0.2) is 0 Å². The van der Waals surface area contributed by atoms with E-state index in [-0.39, 0.29) is 11.8 Å². The second kappa shape index (κ2) is 6.20. The Bertz CT molecular complexity index is 365. The summed E-state index contributed by atoms with van der Waals surface area (Å²) in [6, 6.07) is 5.73. The Morgan fingerprint density at radius 1 is 1.29 bits per heavy atom. The van der Waals surface area contributed by atoms with Gasteiger partial charge in [-0.3, -0.25) is 4.90 Å². The number of hydrogen-bond donors (Lipinski definition) is 1. The van der Waals surface area contributed by atoms with Crippen molar-refractivity contribution in [3.63, 3.8) is 0 Å². The van der Waals surface area contributed by atoms with Gasteiger partial charge in [0.25, 0.3) is 0 Å². The van der Waals surface area contributed by atoms with Crippen LogP contribution in [-0.2, 0) is 0 Å². The highest BCUT2D eigenvalue weighted by atomic mass is 19.1. The lowest BCUT2D eigenvalue weighted by Gasteiger charge is -2.26. The van der Waals surface area contributed by atoms with E-state index in [4.69, 9.17) is 5.73 Å². The minimum Gasteiger partial charge on any atom is -0.330 e. The van der Waals surface area contributed by atoms with Crippen molar-refractivity contribution in [3.8, 4) is 0 Å². The standard InChI is InChI=1S/C12H18FN3O/c1-15(2)12(17)16(9-3-8-14)11-6-4-10(13)5-7-11/h4-7H,3,8-9,14H2,1-2H3. The van der Waals surface area contributed by atoms with Crippen LogP contribution in [0.15, 0.2) is 24.3 Å². The van der Waals surface area contributed by atoms with Gasteiger partial charge in [-0.1, -0.05) is 0 Å². The molecule has 0 unspecified atom stereocenters. The fourth-order valence-corrected chi connectivity index (χ4v) is 1.45. The zero-order chi connectivity index (χ0) is 12.8. The number of urea groups is 1. The van der Waals surface area contributed by atoms with E-state index in [1.165, 1.54) is 17.0 Å². The van der Waals surface area contributed by atoms with Gasteiger partial charge < -0.3 is 10.6 Å². The SMILES string of the molecule is CN(C)C(=O)N(CCCN)c1ccc(F)cc1. The summed E-state index contributed by atoms with van der Waals surface area (Å²) in [4.78, 5) is 15.0. The van der Waals surface area contributed by atoms with Crippen molar-refractivity contribution < 1.29 is 9.18 Å². The molecule has 0 bridgehead atoms. The quantitative estimate of drug-likeness (QED) is 0.868. The summed E-state index contributed by atoms with van der Waals surface area (Å²) >= 11 is 0. The van der Waals surface area contributed by atoms with Crippen molar-refractivity contribution in [3.05, 3.63) is 30.1 Å². The summed E-state index contributed by atoms with van der Waals surface area (Å²) in [7, 11) is 3.36. The van der Waals surface area contributed by atoms with Crippen molar-refractivity contribution in [2.45, 2.75) is 6.42 Å². The highest BCUT2D eigenvalue weighted by molar-refractivity contribution is 5.91. The molecule has 0 fully saturated rings. The molecule has 0 aliphatic heterocycles. The zero-order valence-corrected chi connectivity index (χ0v) is 10.2. The first kappa shape index (κ1) is 13.4. The Kier molecular flexibility index (Phi) is 4.90. The summed E-state index contributed by atoms with van der Waals surface area (Å²) in [6.07, 6.45) is 0.705. The van der Waals surface area contributed by atoms with Crippen LogP contribution in [0.2, 0.25) is 0 Å². The topological polar surface area (TPSA) is 49.6 Å². The third kappa shape index (κ3) is 3.71. The smallest absolute Gasteiger partial charge is 0.323 e. The lowest BCUT2D eigenvalue weighted by Crippen LogP contribution is -2.40. The predicted molar refractivity (Wildman–Crippen MR) is 66.5 cm³/mol. The lowest BCUT2D eigenvalue weighted by molar-refractivity contribution is 0.223. The molecule has 2 N–H and O–H groups in total. The number of carbonyl (C=O) groups is 1. The highest BCUT2D eigenvalue weighted by Crippen LogP contribution is 2.16. The first-order valence-electron chi connectivity index (χ1n) is 5.50. The zero-order valence-electron chi connectivity index (χ0n) is 10.2. The molecule has 0 aliphatic rings. The maximum absolute atomic E-state index is 12.8. The van der Waals surface area contributed by atoms with Crippen LogP contribution in [0.3, 0.4) is 0 Å². The molecule has 5 heteroatoms. The van der Waals surface area contributed by atoms with Crippen LogP contribution in [0.1, 0.15) is 6.42 Å². The van der Waals surface area contributed by atoms with Crippen LogP contribution in [0, 0.1) is 5.82 Å². The maximum Gasteiger partial charge on any atom is 0.323 e. The second-order valence-corrected chi connectivity index (χ2v) is 3.95. The third-order valence-electron chi connectivity index (χ3n) is 2.34. The van der Waals surface area contributed by atoms with Gasteiger partial charge in [0, 0.05) is 26.3 Å². The Hall–Kier alpha value is -1.62. The van der Waals surface area contributed by atoms with Gasteiger partial charge in [0.1, 0.15) is 5.82 Å². The summed E-state index contributed by atoms with van der Waals surface area (Å²) < 4.78 is 12.8. The van der Waals surface area contributed by atoms with Crippen LogP contribution in [-0.4, -0.2) is 38.1 Å². The van der Waals surface area contributed by atoms with Gasteiger partial charge in [-0.25, -0.2) is 9.18 Å². The third-order valence-corrected chi connectivity index (χ3v) is 2.34. The Morgan fingerprint density at radius 3 is 2.35 bits per heavy atom. The molecule has 0 heterocycles. The van der Waals surface area contributed by atoms with Crippen molar-refractivity contribution in [1.82, 2.24) is 4.90 Å². The molecule has 0 aliphatic carbocycles. The molecule has 94 valence electrons. The molecular formula is C12H18FN3O. The molecule has 2 amide bonds. The molecule has 0 aromatic heterocycles. The van der Waals surface area contributed by atoms with Gasteiger partial charge in [-0.05, 0) is 37.2 Å². The van der Waals surface area contributed by atoms with Crippen molar-refractivity contribution in [2.24, 2.45) is 5.73 Å². The molecule has 1 aromatic rings. The molecule has 17 heavy (non-hydrogen) atoms. The molecule has 1 rings (SSSR count). The van der Waals surface area contributed by atoms with E-state index in [1.807, 2.05) is 0 Å². The van der Waals surface area contributed by atoms with Crippen LogP contribution in [0.5, 0.6) is 0 Å². The van der Waals surface area contributed by atoms with Crippen LogP contribution < -0.4 is 10.6 Å². The number of halogens is 1. The van der Waals surface area contributed by atoms with E-state index >= 15 is 0 Å². The molecule has 1 aromatic carbocycles. The first-order chi connectivity index (χ1) is 8.06. The van der Waals surface area contributed by atoms with Crippen molar-refractivity contribution >= 4 is 11.7 Å². The average molecular weight is 239 g/mol. The van der Waals surface area contributed by atoms with Gasteiger partial charge in [0.2, 0.25) is 0 Å². The van der Waals surface area contributed by atoms with Gasteiger partial charge in [0.05, 0.1) is 0 Å². The van der Waals surface area contributed by atoms with E-state index in [0.29, 0.717) is 25.2 Å². The van der Waals surface area contributed by atoms with Gasteiger partial charge >= 0.3 is 6.03 Å². The fraction of sp³-hybridized carbons (Fsp3) is 0.417. The second-order valence-electron chi connectivity index (χ2n) is 3.95. The molecule has 0 spiro atoms. The maximum atomic E-state index is 12.8. The number of anilines is 1. The number of amides is 2. The Morgan fingerprint density at radius 2 is 1.88 bits per heavy atom. The number of rotatable bonds is 4. The van der Waals surface area contributed by atoms with Crippen molar-refractivity contribution in [2.75, 3.05) is 32.1 Å². The molecule has 0 radical (unpaired) electrons. The number of nitrogens with two attached hydrogens (primary N) is 1. The number of hydrogen-bond acceptors (Lipinski definition) is 2. The van der Waals surface area contributed by atoms with E-state index in [2.05, 4.69) is 0 Å². The largest absolute Gasteiger partial charge is 0.330 e. The molecule has 4 nitrogen and oxygen atoms in total. The Labute approximate surface area is 101 Å². The number of carbonyl (C=O) groups excluding carboxylic acids is 1. The monoisotopic (exact) mass is 239 g/mol. The van der Waals surface area contributed by atoms with Gasteiger partial charge in [-0.15, -0.1) is 0 Å². The number of benzene rings is 1. The van der Waals surface area contributed by atoms with E-state index in [1.54, 1.807) is 31.1 Å². The van der Waals surface area contributed by atoms with Gasteiger partial charge in [-0.2, -0.15) is 0 Å². The summed E-state index contributed by atoms with van der Waals surface area (Å²) in [5.74, 6) is -0.315. The fourth-order valence-electron chi connectivity index (χ4n) is 1.45. The summed E-state index contributed by atoms with van der Waals surface area (Å²) in [5.41, 5.74) is 6.12. The van der Waals surface area contributed by atoms with Crippen LogP contribution in [0.4, 0.5) is 14.9 Å². The first-order valence-corrected chi connectivity index (χ1v) is 5.50. The van der Waals surface area contributed by atoms with Crippen molar-refractivity contribution in [1.29, 1.82) is 0 Å². The lowest BCUT2D eigenvalue weighted by atomic mass is 10.2. The van der Waals surface area contributed by atoms with E-state index in [9.17, 15) is 9.18 Å². The summed E-state index contributed by atoms with van der Waals surface area (Å²) in [6.45, 7) is 1.04.